The fourth-order valence-electron chi connectivity index (χ4n) is 1.97. The van der Waals surface area contributed by atoms with Crippen LogP contribution in [0.2, 0.25) is 0 Å². The van der Waals surface area contributed by atoms with Gasteiger partial charge in [0.05, 0.1) is 5.69 Å². The number of hydrogen-bond donors (Lipinski definition) is 1. The Bertz CT molecular complexity index is 462. The third-order valence-corrected chi connectivity index (χ3v) is 3.11. The van der Waals surface area contributed by atoms with Crippen molar-refractivity contribution in [3.05, 3.63) is 53.9 Å². The normalized spacial score (nSPS) is 12.6. The van der Waals surface area contributed by atoms with Crippen LogP contribution in [0.15, 0.2) is 42.6 Å². The first-order valence-corrected chi connectivity index (χ1v) is 6.50. The van der Waals surface area contributed by atoms with E-state index in [1.807, 2.05) is 17.9 Å². The van der Waals surface area contributed by atoms with Crippen molar-refractivity contribution >= 4 is 0 Å². The minimum atomic E-state index is 0.507. The topological polar surface area (TPSA) is 29.9 Å². The predicted molar refractivity (Wildman–Crippen MR) is 74.3 cm³/mol. The summed E-state index contributed by atoms with van der Waals surface area (Å²) in [7, 11) is 1.95. The van der Waals surface area contributed by atoms with Crippen LogP contribution < -0.4 is 5.32 Å². The first-order valence-electron chi connectivity index (χ1n) is 6.50. The zero-order chi connectivity index (χ0) is 12.8. The van der Waals surface area contributed by atoms with Gasteiger partial charge < -0.3 is 5.32 Å². The molecule has 1 unspecified atom stereocenters. The van der Waals surface area contributed by atoms with Crippen LogP contribution >= 0.6 is 0 Å². The van der Waals surface area contributed by atoms with E-state index >= 15 is 0 Å². The molecule has 96 valence electrons. The van der Waals surface area contributed by atoms with Gasteiger partial charge in [-0.2, -0.15) is 5.10 Å². The van der Waals surface area contributed by atoms with Crippen molar-refractivity contribution in [2.24, 2.45) is 7.05 Å². The van der Waals surface area contributed by atoms with Crippen molar-refractivity contribution in [3.8, 4) is 0 Å². The highest BCUT2D eigenvalue weighted by Crippen LogP contribution is 2.05. The molecule has 1 N–H and O–H groups in total. The van der Waals surface area contributed by atoms with Crippen LogP contribution in [-0.4, -0.2) is 15.8 Å². The second kappa shape index (κ2) is 6.36. The van der Waals surface area contributed by atoms with Crippen molar-refractivity contribution < 1.29 is 0 Å². The predicted octanol–water partition coefficient (Wildman–Crippen LogP) is 2.53. The third-order valence-electron chi connectivity index (χ3n) is 3.11. The van der Waals surface area contributed by atoms with Gasteiger partial charge in [0.15, 0.2) is 0 Å². The highest BCUT2D eigenvalue weighted by molar-refractivity contribution is 5.14. The number of hydrogen-bond acceptors (Lipinski definition) is 2. The molecular weight excluding hydrogens is 222 g/mol. The van der Waals surface area contributed by atoms with Gasteiger partial charge in [-0.3, -0.25) is 4.68 Å². The van der Waals surface area contributed by atoms with Gasteiger partial charge in [0, 0.05) is 25.8 Å². The SMILES string of the molecule is CC(CCc1ccccc1)NCc1ccn(C)n1. The van der Waals surface area contributed by atoms with Crippen molar-refractivity contribution in [2.45, 2.75) is 32.4 Å². The monoisotopic (exact) mass is 243 g/mol. The van der Waals surface area contributed by atoms with Crippen molar-refractivity contribution in [1.29, 1.82) is 0 Å². The van der Waals surface area contributed by atoms with Crippen molar-refractivity contribution in [3.63, 3.8) is 0 Å². The summed E-state index contributed by atoms with van der Waals surface area (Å²) in [6.07, 6.45) is 4.25. The third kappa shape index (κ3) is 4.00. The lowest BCUT2D eigenvalue weighted by molar-refractivity contribution is 0.507. The fraction of sp³-hybridized carbons (Fsp3) is 0.400. The summed E-state index contributed by atoms with van der Waals surface area (Å²) < 4.78 is 1.84. The Morgan fingerprint density at radius 2 is 2.00 bits per heavy atom. The minimum Gasteiger partial charge on any atom is -0.309 e. The standard InChI is InChI=1S/C15H21N3/c1-13(8-9-14-6-4-3-5-7-14)16-12-15-10-11-18(2)17-15/h3-7,10-11,13,16H,8-9,12H2,1-2H3. The highest BCUT2D eigenvalue weighted by Gasteiger charge is 2.03. The molecule has 0 saturated carbocycles. The molecule has 0 radical (unpaired) electrons. The average Bonchev–Trinajstić information content (AvgIpc) is 2.81. The lowest BCUT2D eigenvalue weighted by Gasteiger charge is -2.12. The fourth-order valence-corrected chi connectivity index (χ4v) is 1.97. The molecule has 2 aromatic rings. The number of benzene rings is 1. The van der Waals surface area contributed by atoms with Crippen LogP contribution in [0.5, 0.6) is 0 Å². The van der Waals surface area contributed by atoms with Gasteiger partial charge in [0.25, 0.3) is 0 Å². The van der Waals surface area contributed by atoms with E-state index in [1.54, 1.807) is 0 Å². The zero-order valence-corrected chi connectivity index (χ0v) is 11.1. The van der Waals surface area contributed by atoms with Gasteiger partial charge in [-0.05, 0) is 31.4 Å². The maximum Gasteiger partial charge on any atom is 0.0762 e. The van der Waals surface area contributed by atoms with Crippen LogP contribution in [0.3, 0.4) is 0 Å². The molecular formula is C15H21N3. The zero-order valence-electron chi connectivity index (χ0n) is 11.1. The van der Waals surface area contributed by atoms with E-state index in [0.29, 0.717) is 6.04 Å². The molecule has 1 heterocycles. The van der Waals surface area contributed by atoms with Gasteiger partial charge >= 0.3 is 0 Å². The highest BCUT2D eigenvalue weighted by atomic mass is 15.3. The van der Waals surface area contributed by atoms with Gasteiger partial charge in [0.2, 0.25) is 0 Å². The van der Waals surface area contributed by atoms with Gasteiger partial charge in [-0.25, -0.2) is 0 Å². The minimum absolute atomic E-state index is 0.507. The second-order valence-electron chi connectivity index (χ2n) is 4.79. The average molecular weight is 243 g/mol. The summed E-state index contributed by atoms with van der Waals surface area (Å²) >= 11 is 0. The maximum absolute atomic E-state index is 4.36. The summed E-state index contributed by atoms with van der Waals surface area (Å²) in [6, 6.07) is 13.2. The summed E-state index contributed by atoms with van der Waals surface area (Å²) in [5.41, 5.74) is 2.51. The Morgan fingerprint density at radius 3 is 2.67 bits per heavy atom. The van der Waals surface area contributed by atoms with Gasteiger partial charge in [-0.1, -0.05) is 30.3 Å². The molecule has 3 heteroatoms. The van der Waals surface area contributed by atoms with E-state index in [0.717, 1.165) is 25.1 Å². The largest absolute Gasteiger partial charge is 0.309 e. The Hall–Kier alpha value is -1.61. The smallest absolute Gasteiger partial charge is 0.0762 e. The molecule has 1 aromatic carbocycles. The summed E-state index contributed by atoms with van der Waals surface area (Å²) in [5.74, 6) is 0. The van der Waals surface area contributed by atoms with Crippen LogP contribution in [0, 0.1) is 0 Å². The molecule has 0 fully saturated rings. The number of nitrogens with zero attached hydrogens (tertiary/aromatic N) is 2. The summed E-state index contributed by atoms with van der Waals surface area (Å²) in [4.78, 5) is 0. The van der Waals surface area contributed by atoms with Crippen LogP contribution in [0.25, 0.3) is 0 Å². The quantitative estimate of drug-likeness (QED) is 0.845. The number of rotatable bonds is 6. The second-order valence-corrected chi connectivity index (χ2v) is 4.79. The molecule has 3 nitrogen and oxygen atoms in total. The molecule has 1 atom stereocenters. The lowest BCUT2D eigenvalue weighted by atomic mass is 10.1. The van der Waals surface area contributed by atoms with Crippen molar-refractivity contribution in [1.82, 2.24) is 15.1 Å². The first-order chi connectivity index (χ1) is 8.74. The Balaban J connectivity index is 1.71. The van der Waals surface area contributed by atoms with Crippen LogP contribution in [0.1, 0.15) is 24.6 Å². The molecule has 0 aliphatic rings. The molecule has 1 aromatic heterocycles. The van der Waals surface area contributed by atoms with Crippen LogP contribution in [0.4, 0.5) is 0 Å². The van der Waals surface area contributed by atoms with E-state index in [2.05, 4.69) is 53.7 Å². The van der Waals surface area contributed by atoms with Gasteiger partial charge in [-0.15, -0.1) is 0 Å². The van der Waals surface area contributed by atoms with Crippen molar-refractivity contribution in [2.75, 3.05) is 0 Å². The Labute approximate surface area is 109 Å². The Morgan fingerprint density at radius 1 is 1.22 bits per heavy atom. The van der Waals surface area contributed by atoms with E-state index in [-0.39, 0.29) is 0 Å². The molecule has 0 spiro atoms. The molecule has 0 amide bonds. The first kappa shape index (κ1) is 12.8. The number of nitrogens with one attached hydrogen (secondary N) is 1. The molecule has 18 heavy (non-hydrogen) atoms. The van der Waals surface area contributed by atoms with Crippen LogP contribution in [-0.2, 0) is 20.0 Å². The molecule has 0 bridgehead atoms. The van der Waals surface area contributed by atoms with E-state index in [4.69, 9.17) is 0 Å². The maximum atomic E-state index is 4.36. The number of aryl methyl sites for hydroxylation is 2. The molecule has 0 aliphatic heterocycles. The van der Waals surface area contributed by atoms with E-state index < -0.39 is 0 Å². The molecule has 0 saturated heterocycles. The van der Waals surface area contributed by atoms with E-state index in [1.165, 1.54) is 5.56 Å². The Kier molecular flexibility index (Phi) is 4.53. The molecule has 0 aliphatic carbocycles. The summed E-state index contributed by atoms with van der Waals surface area (Å²) in [6.45, 7) is 3.07. The summed E-state index contributed by atoms with van der Waals surface area (Å²) in [5, 5.41) is 7.86. The van der Waals surface area contributed by atoms with Gasteiger partial charge in [0.1, 0.15) is 0 Å². The molecule has 2 rings (SSSR count). The van der Waals surface area contributed by atoms with E-state index in [9.17, 15) is 0 Å². The number of aromatic nitrogens is 2. The lowest BCUT2D eigenvalue weighted by Crippen LogP contribution is -2.26.